The van der Waals surface area contributed by atoms with Crippen molar-refractivity contribution in [3.8, 4) is 0 Å². The van der Waals surface area contributed by atoms with Crippen LogP contribution in [0.15, 0.2) is 12.2 Å². The first-order valence-corrected chi connectivity index (χ1v) is 11.9. The number of unbranched alkanes of at least 4 members (excludes halogenated alkanes) is 5. The zero-order chi connectivity index (χ0) is 22.2. The van der Waals surface area contributed by atoms with Crippen LogP contribution in [0.5, 0.6) is 0 Å². The summed E-state index contributed by atoms with van der Waals surface area (Å²) in [5.74, 6) is 0.592. The summed E-state index contributed by atoms with van der Waals surface area (Å²) >= 11 is 0. The SMILES string of the molecule is CCC(C)C(C)NC(=O)C1CCCN1C(=O)CCCCCCC/C=C/CCNC=O. The fourth-order valence-electron chi connectivity index (χ4n) is 3.83. The second kappa shape index (κ2) is 15.9. The molecule has 0 radical (unpaired) electrons. The topological polar surface area (TPSA) is 78.5 Å². The summed E-state index contributed by atoms with van der Waals surface area (Å²) in [4.78, 5) is 37.2. The van der Waals surface area contributed by atoms with Crippen molar-refractivity contribution >= 4 is 18.2 Å². The highest BCUT2D eigenvalue weighted by Crippen LogP contribution is 2.20. The molecule has 0 aromatic carbocycles. The van der Waals surface area contributed by atoms with Crippen LogP contribution in [0, 0.1) is 5.92 Å². The molecule has 30 heavy (non-hydrogen) atoms. The van der Waals surface area contributed by atoms with Gasteiger partial charge in [0.05, 0.1) is 0 Å². The first kappa shape index (κ1) is 26.2. The highest BCUT2D eigenvalue weighted by atomic mass is 16.2. The fourth-order valence-corrected chi connectivity index (χ4v) is 3.83. The van der Waals surface area contributed by atoms with E-state index in [0.717, 1.165) is 64.2 Å². The first-order chi connectivity index (χ1) is 14.5. The lowest BCUT2D eigenvalue weighted by molar-refractivity contribution is -0.138. The molecule has 0 saturated carbocycles. The van der Waals surface area contributed by atoms with Gasteiger partial charge in [-0.2, -0.15) is 0 Å². The molecule has 3 atom stereocenters. The molecule has 6 nitrogen and oxygen atoms in total. The van der Waals surface area contributed by atoms with Crippen LogP contribution in [0.4, 0.5) is 0 Å². The molecule has 0 aromatic rings. The van der Waals surface area contributed by atoms with Gasteiger partial charge in [-0.25, -0.2) is 0 Å². The lowest BCUT2D eigenvalue weighted by Gasteiger charge is -2.27. The molecule has 1 heterocycles. The molecular formula is C24H43N3O3. The lowest BCUT2D eigenvalue weighted by atomic mass is 10.0. The summed E-state index contributed by atoms with van der Waals surface area (Å²) in [6.07, 6.45) is 15.7. The molecule has 0 spiro atoms. The van der Waals surface area contributed by atoms with E-state index >= 15 is 0 Å². The molecule has 1 aliphatic heterocycles. The number of nitrogens with one attached hydrogen (secondary N) is 2. The molecule has 0 aromatic heterocycles. The van der Waals surface area contributed by atoms with Crippen molar-refractivity contribution in [2.24, 2.45) is 5.92 Å². The third kappa shape index (κ3) is 10.3. The number of hydrogen-bond donors (Lipinski definition) is 2. The summed E-state index contributed by atoms with van der Waals surface area (Å²) in [5.41, 5.74) is 0. The Balaban J connectivity index is 2.17. The summed E-state index contributed by atoms with van der Waals surface area (Å²) in [6, 6.07) is -0.138. The molecule has 3 amide bonds. The maximum Gasteiger partial charge on any atom is 0.243 e. The molecule has 0 aliphatic carbocycles. The Bertz CT molecular complexity index is 536. The maximum absolute atomic E-state index is 12.6. The maximum atomic E-state index is 12.6. The Morgan fingerprint density at radius 1 is 1.07 bits per heavy atom. The predicted molar refractivity (Wildman–Crippen MR) is 122 cm³/mol. The average Bonchev–Trinajstić information content (AvgIpc) is 3.24. The Kier molecular flexibility index (Phi) is 13.9. The highest BCUT2D eigenvalue weighted by molar-refractivity contribution is 5.88. The number of carbonyl (C=O) groups is 3. The average molecular weight is 422 g/mol. The van der Waals surface area contributed by atoms with Gasteiger partial charge in [-0.3, -0.25) is 14.4 Å². The van der Waals surface area contributed by atoms with E-state index in [4.69, 9.17) is 0 Å². The van der Waals surface area contributed by atoms with Gasteiger partial charge in [0.25, 0.3) is 0 Å². The second-order valence-corrected chi connectivity index (χ2v) is 8.57. The fraction of sp³-hybridized carbons (Fsp3) is 0.792. The number of rotatable bonds is 16. The Morgan fingerprint density at radius 2 is 1.77 bits per heavy atom. The van der Waals surface area contributed by atoms with Gasteiger partial charge < -0.3 is 15.5 Å². The Labute approximate surface area is 183 Å². The van der Waals surface area contributed by atoms with Gasteiger partial charge in [-0.1, -0.05) is 51.7 Å². The van der Waals surface area contributed by atoms with Gasteiger partial charge in [-0.15, -0.1) is 0 Å². The predicted octanol–water partition coefficient (Wildman–Crippen LogP) is 3.95. The van der Waals surface area contributed by atoms with Gasteiger partial charge >= 0.3 is 0 Å². The van der Waals surface area contributed by atoms with Crippen molar-refractivity contribution in [3.05, 3.63) is 12.2 Å². The van der Waals surface area contributed by atoms with Crippen LogP contribution >= 0.6 is 0 Å². The minimum absolute atomic E-state index is 0.0173. The summed E-state index contributed by atoms with van der Waals surface area (Å²) in [5, 5.41) is 5.76. The number of likely N-dealkylation sites (tertiary alicyclic amines) is 1. The molecule has 172 valence electrons. The van der Waals surface area contributed by atoms with Crippen molar-refractivity contribution in [2.45, 2.75) is 103 Å². The number of hydrogen-bond acceptors (Lipinski definition) is 3. The van der Waals surface area contributed by atoms with Crippen LogP contribution in [0.3, 0.4) is 0 Å². The van der Waals surface area contributed by atoms with E-state index in [-0.39, 0.29) is 23.9 Å². The van der Waals surface area contributed by atoms with Crippen LogP contribution in [-0.2, 0) is 14.4 Å². The standard InChI is InChI=1S/C24H43N3O3/c1-4-20(2)21(3)26-24(30)22-15-14-18-27(22)23(29)16-12-10-8-6-5-7-9-11-13-17-25-19-28/h9,11,19-22H,4-8,10,12-18H2,1-3H3,(H,25,28)(H,26,30)/b11-9+. The van der Waals surface area contributed by atoms with Crippen molar-refractivity contribution in [2.75, 3.05) is 13.1 Å². The van der Waals surface area contributed by atoms with Gasteiger partial charge in [0.1, 0.15) is 6.04 Å². The second-order valence-electron chi connectivity index (χ2n) is 8.57. The monoisotopic (exact) mass is 421 g/mol. The van der Waals surface area contributed by atoms with Gasteiger partial charge in [0, 0.05) is 25.6 Å². The van der Waals surface area contributed by atoms with E-state index in [2.05, 4.69) is 36.6 Å². The Morgan fingerprint density at radius 3 is 2.50 bits per heavy atom. The third-order valence-electron chi connectivity index (χ3n) is 6.21. The quantitative estimate of drug-likeness (QED) is 0.225. The zero-order valence-electron chi connectivity index (χ0n) is 19.3. The lowest BCUT2D eigenvalue weighted by Crippen LogP contribution is -2.49. The van der Waals surface area contributed by atoms with E-state index in [1.54, 1.807) is 0 Å². The van der Waals surface area contributed by atoms with Crippen molar-refractivity contribution < 1.29 is 14.4 Å². The van der Waals surface area contributed by atoms with Gasteiger partial charge in [-0.05, 0) is 51.4 Å². The van der Waals surface area contributed by atoms with E-state index in [1.807, 2.05) is 11.8 Å². The molecular weight excluding hydrogens is 378 g/mol. The molecule has 2 N–H and O–H groups in total. The molecule has 1 saturated heterocycles. The number of carbonyl (C=O) groups excluding carboxylic acids is 3. The van der Waals surface area contributed by atoms with Crippen LogP contribution in [0.1, 0.15) is 91.4 Å². The normalized spacial score (nSPS) is 18.4. The van der Waals surface area contributed by atoms with Crippen LogP contribution in [0.25, 0.3) is 0 Å². The van der Waals surface area contributed by atoms with Crippen molar-refractivity contribution in [1.82, 2.24) is 15.5 Å². The smallest absolute Gasteiger partial charge is 0.243 e. The zero-order valence-corrected chi connectivity index (χ0v) is 19.3. The van der Waals surface area contributed by atoms with E-state index in [1.165, 1.54) is 6.42 Å². The molecule has 1 fully saturated rings. The van der Waals surface area contributed by atoms with Gasteiger partial charge in [0.15, 0.2) is 0 Å². The highest BCUT2D eigenvalue weighted by Gasteiger charge is 2.34. The largest absolute Gasteiger partial charge is 0.358 e. The Hall–Kier alpha value is -1.85. The first-order valence-electron chi connectivity index (χ1n) is 11.9. The van der Waals surface area contributed by atoms with Crippen LogP contribution < -0.4 is 10.6 Å². The molecule has 0 bridgehead atoms. The van der Waals surface area contributed by atoms with E-state index < -0.39 is 0 Å². The van der Waals surface area contributed by atoms with Crippen LogP contribution in [0.2, 0.25) is 0 Å². The van der Waals surface area contributed by atoms with Crippen LogP contribution in [-0.4, -0.2) is 48.3 Å². The minimum Gasteiger partial charge on any atom is -0.358 e. The summed E-state index contributed by atoms with van der Waals surface area (Å²) < 4.78 is 0. The molecule has 1 aliphatic rings. The van der Waals surface area contributed by atoms with Gasteiger partial charge in [0.2, 0.25) is 18.2 Å². The molecule has 3 unspecified atom stereocenters. The minimum atomic E-state index is -0.280. The third-order valence-corrected chi connectivity index (χ3v) is 6.21. The van der Waals surface area contributed by atoms with E-state index in [0.29, 0.717) is 25.4 Å². The van der Waals surface area contributed by atoms with Crippen molar-refractivity contribution in [3.63, 3.8) is 0 Å². The molecule has 6 heteroatoms. The molecule has 1 rings (SSSR count). The number of amides is 3. The van der Waals surface area contributed by atoms with E-state index in [9.17, 15) is 14.4 Å². The number of allylic oxidation sites excluding steroid dienone is 1. The summed E-state index contributed by atoms with van der Waals surface area (Å²) in [7, 11) is 0. The number of nitrogens with zero attached hydrogens (tertiary/aromatic N) is 1. The summed E-state index contributed by atoms with van der Waals surface area (Å²) in [6.45, 7) is 7.74. The van der Waals surface area contributed by atoms with Crippen molar-refractivity contribution in [1.29, 1.82) is 0 Å².